The molecule has 176 valence electrons. The molecule has 0 saturated carbocycles. The fourth-order valence-corrected chi connectivity index (χ4v) is 3.11. The van der Waals surface area contributed by atoms with E-state index in [4.69, 9.17) is 4.74 Å². The van der Waals surface area contributed by atoms with Crippen LogP contribution in [0.4, 0.5) is 21.9 Å². The van der Waals surface area contributed by atoms with Crippen LogP contribution in [0.15, 0.2) is 72.8 Å². The van der Waals surface area contributed by atoms with Gasteiger partial charge < -0.3 is 25.8 Å². The molecule has 2 amide bonds. The molecule has 3 aromatic carbocycles. The number of para-hydroxylation sites is 2. The molecule has 0 bridgehead atoms. The summed E-state index contributed by atoms with van der Waals surface area (Å²) in [7, 11) is 0. The van der Waals surface area contributed by atoms with Crippen LogP contribution in [0.5, 0.6) is 0 Å². The molecule has 8 heteroatoms. The lowest BCUT2D eigenvalue weighted by Crippen LogP contribution is -2.32. The first-order valence-corrected chi connectivity index (χ1v) is 10.7. The Morgan fingerprint density at radius 3 is 2.03 bits per heavy atom. The van der Waals surface area contributed by atoms with Crippen LogP contribution in [0.25, 0.3) is 0 Å². The van der Waals surface area contributed by atoms with E-state index in [0.717, 1.165) is 11.3 Å². The number of aromatic carboxylic acids is 1. The maximum absolute atomic E-state index is 12.8. The number of carboxylic acid groups (broad SMARTS) is 1. The Morgan fingerprint density at radius 2 is 1.41 bits per heavy atom. The van der Waals surface area contributed by atoms with Crippen LogP contribution < -0.4 is 16.0 Å². The first-order valence-electron chi connectivity index (χ1n) is 10.7. The molecule has 0 heterocycles. The maximum atomic E-state index is 12.8. The molecule has 0 unspecified atom stereocenters. The topological polar surface area (TPSA) is 117 Å². The fraction of sp³-hybridized carbons (Fsp3) is 0.192. The van der Waals surface area contributed by atoms with Crippen molar-refractivity contribution >= 4 is 35.0 Å². The zero-order valence-electron chi connectivity index (χ0n) is 19.2. The van der Waals surface area contributed by atoms with E-state index in [1.54, 1.807) is 51.1 Å². The molecule has 3 rings (SSSR count). The van der Waals surface area contributed by atoms with E-state index in [9.17, 15) is 19.5 Å². The molecule has 0 fully saturated rings. The van der Waals surface area contributed by atoms with Gasteiger partial charge in [-0.15, -0.1) is 0 Å². The number of carbonyl (C=O) groups excluding carboxylic acids is 2. The maximum Gasteiger partial charge on any atom is 0.407 e. The van der Waals surface area contributed by atoms with E-state index in [0.29, 0.717) is 17.9 Å². The van der Waals surface area contributed by atoms with Crippen molar-refractivity contribution in [2.75, 3.05) is 10.6 Å². The molecule has 0 aromatic heterocycles. The highest BCUT2D eigenvalue weighted by Crippen LogP contribution is 2.26. The van der Waals surface area contributed by atoms with Gasteiger partial charge in [0.1, 0.15) is 5.60 Å². The van der Waals surface area contributed by atoms with Crippen LogP contribution in [0.1, 0.15) is 47.1 Å². The summed E-state index contributed by atoms with van der Waals surface area (Å²) >= 11 is 0. The average Bonchev–Trinajstić information content (AvgIpc) is 2.78. The minimum absolute atomic E-state index is 0.0685. The molecule has 0 radical (unpaired) electrons. The van der Waals surface area contributed by atoms with Crippen molar-refractivity contribution in [2.45, 2.75) is 32.9 Å². The third-order valence-electron chi connectivity index (χ3n) is 4.65. The van der Waals surface area contributed by atoms with Gasteiger partial charge in [0.25, 0.3) is 5.91 Å². The van der Waals surface area contributed by atoms with Crippen molar-refractivity contribution in [3.05, 3.63) is 89.5 Å². The highest BCUT2D eigenvalue weighted by molar-refractivity contribution is 6.11. The predicted octanol–water partition coefficient (Wildman–Crippen LogP) is 5.41. The number of alkyl carbamates (subject to hydrolysis) is 1. The standard InChI is InChI=1S/C26H27N3O5/c1-26(2,3)34-25(33)27-16-17-12-14-18(15-13-17)28-21-10-6-7-11-22(21)29-23(30)19-8-4-5-9-20(19)24(31)32/h4-15,28H,16H2,1-3H3,(H,27,33)(H,29,30)(H,31,32). The smallest absolute Gasteiger partial charge is 0.407 e. The second-order valence-corrected chi connectivity index (χ2v) is 8.53. The number of rotatable bonds is 7. The highest BCUT2D eigenvalue weighted by atomic mass is 16.6. The number of carboxylic acids is 1. The van der Waals surface area contributed by atoms with E-state index in [2.05, 4.69) is 16.0 Å². The van der Waals surface area contributed by atoms with Crippen LogP contribution in [-0.4, -0.2) is 28.7 Å². The molecule has 0 spiro atoms. The average molecular weight is 462 g/mol. The molecule has 3 aromatic rings. The molecule has 4 N–H and O–H groups in total. The number of hydrogen-bond acceptors (Lipinski definition) is 5. The van der Waals surface area contributed by atoms with Gasteiger partial charge in [0.2, 0.25) is 0 Å². The molecular formula is C26H27N3O5. The summed E-state index contributed by atoms with van der Waals surface area (Å²) in [5.74, 6) is -1.69. The van der Waals surface area contributed by atoms with E-state index in [1.807, 2.05) is 30.3 Å². The van der Waals surface area contributed by atoms with Crippen molar-refractivity contribution < 1.29 is 24.2 Å². The van der Waals surface area contributed by atoms with E-state index < -0.39 is 23.6 Å². The van der Waals surface area contributed by atoms with Gasteiger partial charge in [-0.3, -0.25) is 4.79 Å². The zero-order chi connectivity index (χ0) is 24.7. The summed E-state index contributed by atoms with van der Waals surface area (Å²) in [4.78, 5) is 36.0. The quantitative estimate of drug-likeness (QED) is 0.374. The molecule has 0 saturated heterocycles. The SMILES string of the molecule is CC(C)(C)OC(=O)NCc1ccc(Nc2ccccc2NC(=O)c2ccccc2C(=O)O)cc1. The second kappa shape index (κ2) is 10.5. The summed E-state index contributed by atoms with van der Waals surface area (Å²) in [5.41, 5.74) is 2.26. The molecule has 0 aliphatic heterocycles. The van der Waals surface area contributed by atoms with Crippen molar-refractivity contribution in [1.29, 1.82) is 0 Å². The molecular weight excluding hydrogens is 434 g/mol. The molecule has 0 aliphatic rings. The zero-order valence-corrected chi connectivity index (χ0v) is 19.2. The molecule has 0 aliphatic carbocycles. The Morgan fingerprint density at radius 1 is 0.824 bits per heavy atom. The van der Waals surface area contributed by atoms with Crippen LogP contribution >= 0.6 is 0 Å². The lowest BCUT2D eigenvalue weighted by molar-refractivity contribution is 0.0522. The Hall–Kier alpha value is -4.33. The molecule has 34 heavy (non-hydrogen) atoms. The largest absolute Gasteiger partial charge is 0.478 e. The van der Waals surface area contributed by atoms with Gasteiger partial charge in [-0.05, 0) is 62.7 Å². The summed E-state index contributed by atoms with van der Waals surface area (Å²) in [5, 5.41) is 18.1. The lowest BCUT2D eigenvalue weighted by Gasteiger charge is -2.19. The van der Waals surface area contributed by atoms with Gasteiger partial charge in [0, 0.05) is 12.2 Å². The van der Waals surface area contributed by atoms with E-state index >= 15 is 0 Å². The van der Waals surface area contributed by atoms with Crippen molar-refractivity contribution in [1.82, 2.24) is 5.32 Å². The number of ether oxygens (including phenoxy) is 1. The van der Waals surface area contributed by atoms with Gasteiger partial charge in [-0.1, -0.05) is 36.4 Å². The number of carbonyl (C=O) groups is 3. The third kappa shape index (κ3) is 6.83. The van der Waals surface area contributed by atoms with Gasteiger partial charge in [0.15, 0.2) is 0 Å². The summed E-state index contributed by atoms with van der Waals surface area (Å²) in [6, 6.07) is 20.6. The van der Waals surface area contributed by atoms with Gasteiger partial charge in [-0.2, -0.15) is 0 Å². The van der Waals surface area contributed by atoms with Crippen LogP contribution in [0, 0.1) is 0 Å². The molecule has 8 nitrogen and oxygen atoms in total. The summed E-state index contributed by atoms with van der Waals surface area (Å²) in [6.07, 6.45) is -0.483. The minimum atomic E-state index is -1.17. The number of anilines is 3. The van der Waals surface area contributed by atoms with Crippen LogP contribution in [0.2, 0.25) is 0 Å². The Bertz CT molecular complexity index is 1180. The van der Waals surface area contributed by atoms with Crippen molar-refractivity contribution in [3.63, 3.8) is 0 Å². The van der Waals surface area contributed by atoms with Gasteiger partial charge in [0.05, 0.1) is 22.5 Å². The van der Waals surface area contributed by atoms with Crippen molar-refractivity contribution in [3.8, 4) is 0 Å². The summed E-state index contributed by atoms with van der Waals surface area (Å²) < 4.78 is 5.23. The number of nitrogens with one attached hydrogen (secondary N) is 3. The monoisotopic (exact) mass is 461 g/mol. The van der Waals surface area contributed by atoms with Gasteiger partial charge in [-0.25, -0.2) is 9.59 Å². The van der Waals surface area contributed by atoms with Crippen LogP contribution in [-0.2, 0) is 11.3 Å². The summed E-state index contributed by atoms with van der Waals surface area (Å²) in [6.45, 7) is 5.74. The van der Waals surface area contributed by atoms with E-state index in [1.165, 1.54) is 12.1 Å². The lowest BCUT2D eigenvalue weighted by atomic mass is 10.1. The first-order chi connectivity index (χ1) is 16.1. The fourth-order valence-electron chi connectivity index (χ4n) is 3.11. The van der Waals surface area contributed by atoms with Gasteiger partial charge >= 0.3 is 12.1 Å². The second-order valence-electron chi connectivity index (χ2n) is 8.53. The highest BCUT2D eigenvalue weighted by Gasteiger charge is 2.17. The minimum Gasteiger partial charge on any atom is -0.478 e. The Balaban J connectivity index is 1.67. The Labute approximate surface area is 198 Å². The number of hydrogen-bond donors (Lipinski definition) is 4. The van der Waals surface area contributed by atoms with Crippen molar-refractivity contribution in [2.24, 2.45) is 0 Å². The van der Waals surface area contributed by atoms with E-state index in [-0.39, 0.29) is 11.1 Å². The predicted molar refractivity (Wildman–Crippen MR) is 131 cm³/mol. The van der Waals surface area contributed by atoms with Crippen LogP contribution in [0.3, 0.4) is 0 Å². The number of amides is 2. The Kier molecular flexibility index (Phi) is 7.53. The normalized spacial score (nSPS) is 10.8. The third-order valence-corrected chi connectivity index (χ3v) is 4.65. The molecule has 0 atom stereocenters. The number of benzene rings is 3. The first kappa shape index (κ1) is 24.3.